The molecule has 0 saturated carbocycles. The van der Waals surface area contributed by atoms with E-state index in [1.54, 1.807) is 14.2 Å². The van der Waals surface area contributed by atoms with Gasteiger partial charge in [-0.1, -0.05) is 30.3 Å². The lowest BCUT2D eigenvalue weighted by Crippen LogP contribution is -2.39. The predicted octanol–water partition coefficient (Wildman–Crippen LogP) is 2.82. The molecule has 0 aromatic heterocycles. The molecule has 0 fully saturated rings. The number of nitrogens with one attached hydrogen (secondary N) is 2. The van der Waals surface area contributed by atoms with E-state index < -0.39 is 6.09 Å². The van der Waals surface area contributed by atoms with Crippen LogP contribution in [0.2, 0.25) is 0 Å². The molecular formula is C20H24N2O4. The summed E-state index contributed by atoms with van der Waals surface area (Å²) < 4.78 is 16.0. The maximum atomic E-state index is 12.0. The summed E-state index contributed by atoms with van der Waals surface area (Å²) in [5.74, 6) is 1.41. The van der Waals surface area contributed by atoms with E-state index in [2.05, 4.69) is 10.6 Å². The Bertz CT molecular complexity index is 749. The molecule has 0 spiro atoms. The zero-order valence-electron chi connectivity index (χ0n) is 15.1. The van der Waals surface area contributed by atoms with Crippen molar-refractivity contribution in [3.05, 3.63) is 59.2 Å². The fourth-order valence-corrected chi connectivity index (χ4v) is 3.11. The number of carbonyl (C=O) groups excluding carboxylic acids is 1. The van der Waals surface area contributed by atoms with Crippen molar-refractivity contribution >= 4 is 6.09 Å². The minimum atomic E-state index is -0.428. The van der Waals surface area contributed by atoms with Gasteiger partial charge in [-0.15, -0.1) is 0 Å². The Morgan fingerprint density at radius 3 is 2.62 bits per heavy atom. The van der Waals surface area contributed by atoms with Crippen molar-refractivity contribution in [2.45, 2.75) is 19.1 Å². The van der Waals surface area contributed by atoms with Gasteiger partial charge in [0.25, 0.3) is 0 Å². The van der Waals surface area contributed by atoms with E-state index in [4.69, 9.17) is 14.2 Å². The van der Waals surface area contributed by atoms with Crippen LogP contribution in [-0.4, -0.2) is 33.4 Å². The highest BCUT2D eigenvalue weighted by Crippen LogP contribution is 2.34. The minimum Gasteiger partial charge on any atom is -0.493 e. The Morgan fingerprint density at radius 2 is 1.88 bits per heavy atom. The average Bonchev–Trinajstić information content (AvgIpc) is 2.70. The van der Waals surface area contributed by atoms with Gasteiger partial charge in [0.1, 0.15) is 6.61 Å². The zero-order chi connectivity index (χ0) is 18.4. The molecule has 1 aliphatic rings. The van der Waals surface area contributed by atoms with Gasteiger partial charge in [-0.3, -0.25) is 0 Å². The third-order valence-electron chi connectivity index (χ3n) is 4.47. The number of rotatable bonds is 6. The summed E-state index contributed by atoms with van der Waals surface area (Å²) in [5, 5.41) is 6.26. The standard InChI is InChI=1S/C20H24N2O4/c1-24-18-10-15-8-9-21-17(16(15)11-19(18)25-2)12-22-20(23)26-13-14-6-4-3-5-7-14/h3-7,10-11,17,21H,8-9,12-13H2,1-2H3,(H,22,23)/t17-/m1/s1. The molecule has 2 aromatic rings. The summed E-state index contributed by atoms with van der Waals surface area (Å²) in [6.07, 6.45) is 0.480. The van der Waals surface area contributed by atoms with E-state index in [1.165, 1.54) is 5.56 Å². The highest BCUT2D eigenvalue weighted by Gasteiger charge is 2.23. The molecule has 1 aliphatic heterocycles. The van der Waals surface area contributed by atoms with Crippen LogP contribution in [0, 0.1) is 0 Å². The van der Waals surface area contributed by atoms with Crippen molar-refractivity contribution in [2.75, 3.05) is 27.3 Å². The lowest BCUT2D eigenvalue weighted by atomic mass is 9.93. The van der Waals surface area contributed by atoms with Gasteiger partial charge in [0.2, 0.25) is 0 Å². The Labute approximate surface area is 153 Å². The minimum absolute atomic E-state index is 0.00262. The Hall–Kier alpha value is -2.73. The number of hydrogen-bond acceptors (Lipinski definition) is 5. The summed E-state index contributed by atoms with van der Waals surface area (Å²) in [4.78, 5) is 12.0. The van der Waals surface area contributed by atoms with E-state index in [0.717, 1.165) is 29.8 Å². The first-order valence-corrected chi connectivity index (χ1v) is 8.64. The molecule has 3 rings (SSSR count). The molecule has 0 bridgehead atoms. The van der Waals surface area contributed by atoms with Gasteiger partial charge in [0.05, 0.1) is 20.3 Å². The molecule has 138 valence electrons. The van der Waals surface area contributed by atoms with Gasteiger partial charge in [-0.05, 0) is 41.8 Å². The van der Waals surface area contributed by atoms with Crippen LogP contribution in [0.4, 0.5) is 4.79 Å². The van der Waals surface area contributed by atoms with Crippen LogP contribution in [0.5, 0.6) is 11.5 Å². The molecule has 6 heteroatoms. The smallest absolute Gasteiger partial charge is 0.407 e. The lowest BCUT2D eigenvalue weighted by molar-refractivity contribution is 0.138. The van der Waals surface area contributed by atoms with Gasteiger partial charge in [-0.25, -0.2) is 4.79 Å². The van der Waals surface area contributed by atoms with Gasteiger partial charge in [0, 0.05) is 6.54 Å². The molecule has 0 unspecified atom stereocenters. The van der Waals surface area contributed by atoms with Gasteiger partial charge >= 0.3 is 6.09 Å². The second-order valence-electron chi connectivity index (χ2n) is 6.11. The summed E-state index contributed by atoms with van der Waals surface area (Å²) >= 11 is 0. The van der Waals surface area contributed by atoms with E-state index in [-0.39, 0.29) is 12.6 Å². The lowest BCUT2D eigenvalue weighted by Gasteiger charge is -2.28. The number of hydrogen-bond donors (Lipinski definition) is 2. The average molecular weight is 356 g/mol. The monoisotopic (exact) mass is 356 g/mol. The fourth-order valence-electron chi connectivity index (χ4n) is 3.11. The topological polar surface area (TPSA) is 68.8 Å². The molecule has 2 N–H and O–H groups in total. The van der Waals surface area contributed by atoms with Crippen LogP contribution in [0.3, 0.4) is 0 Å². The first kappa shape index (κ1) is 18.1. The molecule has 1 heterocycles. The maximum Gasteiger partial charge on any atom is 0.407 e. The molecule has 26 heavy (non-hydrogen) atoms. The van der Waals surface area contributed by atoms with Crippen molar-refractivity contribution in [1.29, 1.82) is 0 Å². The van der Waals surface area contributed by atoms with Crippen LogP contribution in [-0.2, 0) is 17.8 Å². The van der Waals surface area contributed by atoms with Gasteiger partial charge < -0.3 is 24.8 Å². The predicted molar refractivity (Wildman–Crippen MR) is 98.6 cm³/mol. The SMILES string of the molecule is COc1cc2c(cc1OC)[C@@H](CNC(=O)OCc1ccccc1)NCC2. The van der Waals surface area contributed by atoms with Crippen molar-refractivity contribution in [3.63, 3.8) is 0 Å². The number of fused-ring (bicyclic) bond motifs is 1. The Morgan fingerprint density at radius 1 is 1.15 bits per heavy atom. The molecule has 1 amide bonds. The molecule has 2 aromatic carbocycles. The van der Waals surface area contributed by atoms with Crippen LogP contribution >= 0.6 is 0 Å². The largest absolute Gasteiger partial charge is 0.493 e. The number of amides is 1. The molecule has 6 nitrogen and oxygen atoms in total. The number of ether oxygens (including phenoxy) is 3. The summed E-state index contributed by atoms with van der Waals surface area (Å²) in [6.45, 7) is 1.54. The van der Waals surface area contributed by atoms with E-state index in [9.17, 15) is 4.79 Å². The van der Waals surface area contributed by atoms with Crippen LogP contribution in [0.1, 0.15) is 22.7 Å². The van der Waals surface area contributed by atoms with Crippen LogP contribution in [0.15, 0.2) is 42.5 Å². The van der Waals surface area contributed by atoms with Crippen molar-refractivity contribution in [1.82, 2.24) is 10.6 Å². The summed E-state index contributed by atoms with van der Waals surface area (Å²) in [7, 11) is 3.25. The maximum absolute atomic E-state index is 12.0. The fraction of sp³-hybridized carbons (Fsp3) is 0.350. The number of methoxy groups -OCH3 is 2. The normalized spacial score (nSPS) is 15.7. The number of benzene rings is 2. The van der Waals surface area contributed by atoms with Crippen molar-refractivity contribution in [3.8, 4) is 11.5 Å². The quantitative estimate of drug-likeness (QED) is 0.833. The summed E-state index contributed by atoms with van der Waals surface area (Å²) in [6, 6.07) is 13.6. The van der Waals surface area contributed by atoms with E-state index >= 15 is 0 Å². The first-order valence-electron chi connectivity index (χ1n) is 8.64. The molecule has 0 radical (unpaired) electrons. The van der Waals surface area contributed by atoms with Crippen LogP contribution in [0.25, 0.3) is 0 Å². The first-order chi connectivity index (χ1) is 12.7. The number of carbonyl (C=O) groups is 1. The highest BCUT2D eigenvalue weighted by atomic mass is 16.5. The Kier molecular flexibility index (Phi) is 5.96. The van der Waals surface area contributed by atoms with Gasteiger partial charge in [0.15, 0.2) is 11.5 Å². The zero-order valence-corrected chi connectivity index (χ0v) is 15.1. The second kappa shape index (κ2) is 8.58. The number of alkyl carbamates (subject to hydrolysis) is 1. The van der Waals surface area contributed by atoms with E-state index in [0.29, 0.717) is 12.3 Å². The van der Waals surface area contributed by atoms with Crippen molar-refractivity contribution < 1.29 is 19.0 Å². The molecule has 0 saturated heterocycles. The van der Waals surface area contributed by atoms with Gasteiger partial charge in [-0.2, -0.15) is 0 Å². The molecule has 0 aliphatic carbocycles. The summed E-state index contributed by atoms with van der Waals surface area (Å²) in [5.41, 5.74) is 3.27. The second-order valence-corrected chi connectivity index (χ2v) is 6.11. The molecule has 1 atom stereocenters. The van der Waals surface area contributed by atoms with E-state index in [1.807, 2.05) is 42.5 Å². The Balaban J connectivity index is 1.60. The molecular weight excluding hydrogens is 332 g/mol. The van der Waals surface area contributed by atoms with Crippen LogP contribution < -0.4 is 20.1 Å². The third-order valence-corrected chi connectivity index (χ3v) is 4.47. The third kappa shape index (κ3) is 4.26. The van der Waals surface area contributed by atoms with Crippen molar-refractivity contribution in [2.24, 2.45) is 0 Å². The highest BCUT2D eigenvalue weighted by molar-refractivity contribution is 5.67.